The molecule has 7 heteroatoms. The zero-order valence-corrected chi connectivity index (χ0v) is 11.4. The topological polar surface area (TPSA) is 109 Å². The molecule has 4 N–H and O–H groups in total. The molecule has 1 aromatic rings. The number of carbonyl (C=O) groups excluding carboxylic acids is 2. The van der Waals surface area contributed by atoms with Gasteiger partial charge in [0.2, 0.25) is 5.91 Å². The Bertz CT molecular complexity index is 490. The van der Waals surface area contributed by atoms with Crippen LogP contribution in [0.1, 0.15) is 16.8 Å². The van der Waals surface area contributed by atoms with Gasteiger partial charge in [-0.2, -0.15) is 0 Å². The van der Waals surface area contributed by atoms with Gasteiger partial charge in [0.1, 0.15) is 6.04 Å². The van der Waals surface area contributed by atoms with E-state index in [2.05, 4.69) is 5.32 Å². The molecule has 0 spiro atoms. The summed E-state index contributed by atoms with van der Waals surface area (Å²) in [5, 5.41) is 11.1. The Balaban J connectivity index is 2.78. The Morgan fingerprint density at radius 3 is 2.56 bits per heavy atom. The van der Waals surface area contributed by atoms with Gasteiger partial charge in [-0.15, -0.1) is 0 Å². The van der Waals surface area contributed by atoms with Crippen LogP contribution in [0.15, 0.2) is 24.3 Å². The van der Waals surface area contributed by atoms with Crippen LogP contribution in [-0.2, 0) is 9.59 Å². The number of carboxylic acid groups (broad SMARTS) is 1. The summed E-state index contributed by atoms with van der Waals surface area (Å²) < 4.78 is 0.849. The van der Waals surface area contributed by atoms with E-state index in [0.717, 1.165) is 3.57 Å². The summed E-state index contributed by atoms with van der Waals surface area (Å²) >= 11 is 2.04. The van der Waals surface area contributed by atoms with Crippen LogP contribution in [0.25, 0.3) is 0 Å². The van der Waals surface area contributed by atoms with Crippen molar-refractivity contribution in [3.8, 4) is 0 Å². The van der Waals surface area contributed by atoms with Gasteiger partial charge in [0.25, 0.3) is 5.91 Å². The van der Waals surface area contributed by atoms with Crippen molar-refractivity contribution in [1.29, 1.82) is 0 Å². The zero-order valence-electron chi connectivity index (χ0n) is 9.22. The number of rotatable bonds is 5. The van der Waals surface area contributed by atoms with Crippen LogP contribution < -0.4 is 11.1 Å². The van der Waals surface area contributed by atoms with E-state index in [1.807, 2.05) is 22.6 Å². The molecular weight excluding hydrogens is 351 g/mol. The van der Waals surface area contributed by atoms with Crippen LogP contribution in [0.2, 0.25) is 0 Å². The molecule has 0 heterocycles. The number of hydrogen-bond acceptors (Lipinski definition) is 3. The normalized spacial score (nSPS) is 11.6. The highest BCUT2D eigenvalue weighted by atomic mass is 127. The predicted molar refractivity (Wildman–Crippen MR) is 71.9 cm³/mol. The number of aliphatic carboxylic acids is 1. The van der Waals surface area contributed by atoms with Crippen molar-refractivity contribution in [2.45, 2.75) is 12.5 Å². The third-order valence-corrected chi connectivity index (χ3v) is 2.77. The first-order chi connectivity index (χ1) is 8.40. The lowest BCUT2D eigenvalue weighted by molar-refractivity contribution is -0.140. The largest absolute Gasteiger partial charge is 0.480 e. The van der Waals surface area contributed by atoms with Crippen LogP contribution >= 0.6 is 22.6 Å². The molecule has 0 bridgehead atoms. The van der Waals surface area contributed by atoms with Crippen LogP contribution in [0.5, 0.6) is 0 Å². The molecule has 0 aliphatic carbocycles. The fraction of sp³-hybridized carbons (Fsp3) is 0.182. The zero-order chi connectivity index (χ0) is 13.7. The predicted octanol–water partition coefficient (Wildman–Crippen LogP) is 0.350. The molecule has 2 amide bonds. The van der Waals surface area contributed by atoms with Crippen molar-refractivity contribution < 1.29 is 19.5 Å². The maximum absolute atomic E-state index is 11.8. The lowest BCUT2D eigenvalue weighted by Crippen LogP contribution is -2.43. The van der Waals surface area contributed by atoms with Crippen molar-refractivity contribution in [1.82, 2.24) is 5.32 Å². The first-order valence-corrected chi connectivity index (χ1v) is 6.05. The number of primary amides is 1. The molecule has 96 valence electrons. The fourth-order valence-corrected chi connectivity index (χ4v) is 1.82. The lowest BCUT2D eigenvalue weighted by atomic mass is 10.1. The molecule has 1 atom stereocenters. The molecule has 0 radical (unpaired) electrons. The van der Waals surface area contributed by atoms with Gasteiger partial charge in [-0.05, 0) is 40.8 Å². The van der Waals surface area contributed by atoms with Crippen LogP contribution in [0.4, 0.5) is 0 Å². The third-order valence-electron chi connectivity index (χ3n) is 2.10. The summed E-state index contributed by atoms with van der Waals surface area (Å²) in [5.41, 5.74) is 5.25. The summed E-state index contributed by atoms with van der Waals surface area (Å²) in [7, 11) is 0. The highest BCUT2D eigenvalue weighted by Crippen LogP contribution is 2.08. The van der Waals surface area contributed by atoms with Gasteiger partial charge in [0.15, 0.2) is 0 Å². The van der Waals surface area contributed by atoms with Gasteiger partial charge in [-0.3, -0.25) is 9.59 Å². The second kappa shape index (κ2) is 6.34. The first-order valence-electron chi connectivity index (χ1n) is 4.97. The van der Waals surface area contributed by atoms with Crippen LogP contribution in [0.3, 0.4) is 0 Å². The summed E-state index contributed by atoms with van der Waals surface area (Å²) in [5.74, 6) is -2.64. The van der Waals surface area contributed by atoms with Gasteiger partial charge in [0.05, 0.1) is 6.42 Å². The first kappa shape index (κ1) is 14.4. The second-order valence-electron chi connectivity index (χ2n) is 3.55. The van der Waals surface area contributed by atoms with Crippen molar-refractivity contribution in [3.05, 3.63) is 33.4 Å². The van der Waals surface area contributed by atoms with E-state index < -0.39 is 30.2 Å². The van der Waals surface area contributed by atoms with Gasteiger partial charge in [-0.25, -0.2) is 4.79 Å². The Kier molecular flexibility index (Phi) is 5.08. The minimum atomic E-state index is -1.31. The average Bonchev–Trinajstić information content (AvgIpc) is 2.27. The molecule has 1 rings (SSSR count). The Morgan fingerprint density at radius 2 is 2.06 bits per heavy atom. The Morgan fingerprint density at radius 1 is 1.39 bits per heavy atom. The van der Waals surface area contributed by atoms with E-state index in [-0.39, 0.29) is 0 Å². The molecule has 0 unspecified atom stereocenters. The number of carboxylic acids is 1. The summed E-state index contributed by atoms with van der Waals surface area (Å²) in [6.07, 6.45) is -0.439. The van der Waals surface area contributed by atoms with Gasteiger partial charge in [0, 0.05) is 9.13 Å². The molecule has 0 aliphatic heterocycles. The molecule has 18 heavy (non-hydrogen) atoms. The van der Waals surface area contributed by atoms with Gasteiger partial charge in [-0.1, -0.05) is 6.07 Å². The van der Waals surface area contributed by atoms with Crippen molar-refractivity contribution in [3.63, 3.8) is 0 Å². The standard InChI is InChI=1S/C11H11IN2O4/c12-7-3-1-2-6(4-7)10(16)14-8(11(17)18)5-9(13)15/h1-4,8H,5H2,(H2,13,15)(H,14,16)(H,17,18)/t8-/m1/s1. The maximum Gasteiger partial charge on any atom is 0.326 e. The van der Waals surface area contributed by atoms with Crippen molar-refractivity contribution >= 4 is 40.4 Å². The number of hydrogen-bond donors (Lipinski definition) is 3. The molecule has 0 saturated heterocycles. The fourth-order valence-electron chi connectivity index (χ4n) is 1.27. The van der Waals surface area contributed by atoms with E-state index in [4.69, 9.17) is 10.8 Å². The highest BCUT2D eigenvalue weighted by molar-refractivity contribution is 14.1. The molecule has 0 fully saturated rings. The number of benzene rings is 1. The summed E-state index contributed by atoms with van der Waals surface area (Å²) in [6.45, 7) is 0. The Hall–Kier alpha value is -1.64. The molecule has 6 nitrogen and oxygen atoms in total. The van der Waals surface area contributed by atoms with E-state index in [0.29, 0.717) is 5.56 Å². The van der Waals surface area contributed by atoms with Crippen molar-refractivity contribution in [2.75, 3.05) is 0 Å². The number of amides is 2. The van der Waals surface area contributed by atoms with Gasteiger partial charge >= 0.3 is 5.97 Å². The number of carbonyl (C=O) groups is 3. The molecular formula is C11H11IN2O4. The molecule has 0 aromatic heterocycles. The third kappa shape index (κ3) is 4.32. The van der Waals surface area contributed by atoms with E-state index in [1.165, 1.54) is 0 Å². The lowest BCUT2D eigenvalue weighted by Gasteiger charge is -2.12. The Labute approximate surface area is 117 Å². The van der Waals surface area contributed by atoms with Crippen LogP contribution in [-0.4, -0.2) is 28.9 Å². The number of halogens is 1. The van der Waals surface area contributed by atoms with E-state index in [9.17, 15) is 14.4 Å². The minimum Gasteiger partial charge on any atom is -0.480 e. The summed E-state index contributed by atoms with van der Waals surface area (Å²) in [6, 6.07) is 5.34. The quantitative estimate of drug-likeness (QED) is 0.657. The SMILES string of the molecule is NC(=O)C[C@@H](NC(=O)c1cccc(I)c1)C(=O)O. The number of nitrogens with one attached hydrogen (secondary N) is 1. The smallest absolute Gasteiger partial charge is 0.326 e. The van der Waals surface area contributed by atoms with Crippen molar-refractivity contribution in [2.24, 2.45) is 5.73 Å². The second-order valence-corrected chi connectivity index (χ2v) is 4.79. The maximum atomic E-state index is 11.8. The molecule has 0 aliphatic rings. The molecule has 0 saturated carbocycles. The average molecular weight is 362 g/mol. The van der Waals surface area contributed by atoms with Gasteiger partial charge < -0.3 is 16.2 Å². The van der Waals surface area contributed by atoms with E-state index >= 15 is 0 Å². The monoisotopic (exact) mass is 362 g/mol. The van der Waals surface area contributed by atoms with E-state index in [1.54, 1.807) is 24.3 Å². The van der Waals surface area contributed by atoms with Crippen LogP contribution in [0, 0.1) is 3.57 Å². The highest BCUT2D eigenvalue weighted by Gasteiger charge is 2.22. The minimum absolute atomic E-state index is 0.331. The number of nitrogens with two attached hydrogens (primary N) is 1. The summed E-state index contributed by atoms with van der Waals surface area (Å²) in [4.78, 5) is 33.3. The molecule has 1 aromatic carbocycles.